The number of hydrogen-bond donors (Lipinski definition) is 2. The van der Waals surface area contributed by atoms with Gasteiger partial charge in [0.05, 0.1) is 37.2 Å². The predicted molar refractivity (Wildman–Crippen MR) is 134 cm³/mol. The molecule has 2 aromatic rings. The van der Waals surface area contributed by atoms with Gasteiger partial charge in [-0.3, -0.25) is 4.79 Å². The van der Waals surface area contributed by atoms with Gasteiger partial charge in [0.1, 0.15) is 17.0 Å². The van der Waals surface area contributed by atoms with Crippen molar-refractivity contribution in [3.8, 4) is 17.1 Å². The topological polar surface area (TPSA) is 109 Å². The molecule has 1 atom stereocenters. The molecule has 3 amide bonds. The standard InChI is InChI=1S/C25H33FN6O4/c1-6-16-13-35-11-10-32(16)23-29-20(15-8-9-18(17(26)12-15)28-24(34)27-5)19-21(30-23)36-25(3,4)14-31(7-2)22(19)33/h8-9,12,16H,6-7,10-11,13-14H2,1-5H3,(H2,27,28,34). The molecular weight excluding hydrogens is 467 g/mol. The van der Waals surface area contributed by atoms with Crippen molar-refractivity contribution in [3.63, 3.8) is 0 Å². The third kappa shape index (κ3) is 5.06. The van der Waals surface area contributed by atoms with Gasteiger partial charge in [-0.1, -0.05) is 13.0 Å². The van der Waals surface area contributed by atoms with E-state index in [1.54, 1.807) is 11.0 Å². The first-order chi connectivity index (χ1) is 17.2. The number of ether oxygens (including phenoxy) is 2. The van der Waals surface area contributed by atoms with Gasteiger partial charge in [-0.25, -0.2) is 14.2 Å². The Labute approximate surface area is 210 Å². The van der Waals surface area contributed by atoms with E-state index in [-0.39, 0.29) is 34.8 Å². The Morgan fingerprint density at radius 1 is 1.28 bits per heavy atom. The zero-order valence-electron chi connectivity index (χ0n) is 21.4. The minimum absolute atomic E-state index is 0.0107. The molecule has 1 unspecified atom stereocenters. The Hall–Kier alpha value is -3.47. The highest BCUT2D eigenvalue weighted by atomic mass is 19.1. The summed E-state index contributed by atoms with van der Waals surface area (Å²) in [6, 6.07) is 3.84. The number of likely N-dealkylation sites (N-methyl/N-ethyl adjacent to an activating group) is 1. The number of nitrogens with zero attached hydrogens (tertiary/aromatic N) is 4. The predicted octanol–water partition coefficient (Wildman–Crippen LogP) is 3.28. The van der Waals surface area contributed by atoms with Crippen molar-refractivity contribution >= 4 is 23.6 Å². The summed E-state index contributed by atoms with van der Waals surface area (Å²) >= 11 is 0. The molecule has 194 valence electrons. The Kier molecular flexibility index (Phi) is 7.30. The summed E-state index contributed by atoms with van der Waals surface area (Å²) in [6.07, 6.45) is 0.819. The van der Waals surface area contributed by atoms with Crippen LogP contribution in [0.25, 0.3) is 11.3 Å². The van der Waals surface area contributed by atoms with Crippen molar-refractivity contribution in [1.29, 1.82) is 0 Å². The van der Waals surface area contributed by atoms with Crippen molar-refractivity contribution in [2.45, 2.75) is 45.8 Å². The van der Waals surface area contributed by atoms with E-state index in [1.807, 2.05) is 20.8 Å². The van der Waals surface area contributed by atoms with Gasteiger partial charge in [-0.15, -0.1) is 0 Å². The number of carbonyl (C=O) groups is 2. The van der Waals surface area contributed by atoms with Crippen LogP contribution < -0.4 is 20.3 Å². The van der Waals surface area contributed by atoms with Crippen LogP contribution in [0.15, 0.2) is 18.2 Å². The molecular formula is C25H33FN6O4. The first-order valence-electron chi connectivity index (χ1n) is 12.2. The van der Waals surface area contributed by atoms with Crippen molar-refractivity contribution in [2.75, 3.05) is 50.1 Å². The van der Waals surface area contributed by atoms with Crippen LogP contribution in [0.5, 0.6) is 5.88 Å². The number of benzene rings is 1. The molecule has 0 radical (unpaired) electrons. The minimum atomic E-state index is -0.693. The SMILES string of the molecule is CCC1COCCN1c1nc2c(c(-c3ccc(NC(=O)NC)c(F)c3)n1)C(=O)N(CC)CC(C)(C)O2. The minimum Gasteiger partial charge on any atom is -0.469 e. The monoisotopic (exact) mass is 500 g/mol. The van der Waals surface area contributed by atoms with Gasteiger partial charge >= 0.3 is 6.03 Å². The molecule has 2 aliphatic rings. The number of nitrogens with one attached hydrogen (secondary N) is 2. The number of hydrogen-bond acceptors (Lipinski definition) is 7. The number of urea groups is 1. The molecule has 1 aromatic carbocycles. The van der Waals surface area contributed by atoms with Gasteiger partial charge in [0, 0.05) is 25.7 Å². The maximum absolute atomic E-state index is 15.0. The molecule has 10 nitrogen and oxygen atoms in total. The van der Waals surface area contributed by atoms with Crippen LogP contribution >= 0.6 is 0 Å². The average Bonchev–Trinajstić information content (AvgIpc) is 2.96. The molecule has 3 heterocycles. The molecule has 2 N–H and O–H groups in total. The van der Waals surface area contributed by atoms with E-state index in [2.05, 4.69) is 22.5 Å². The first kappa shape index (κ1) is 25.6. The van der Waals surface area contributed by atoms with E-state index in [0.29, 0.717) is 44.4 Å². The number of carbonyl (C=O) groups excluding carboxylic acids is 2. The largest absolute Gasteiger partial charge is 0.469 e. The number of rotatable bonds is 5. The maximum Gasteiger partial charge on any atom is 0.319 e. The lowest BCUT2D eigenvalue weighted by molar-refractivity contribution is 0.0540. The van der Waals surface area contributed by atoms with Gasteiger partial charge in [0.2, 0.25) is 11.8 Å². The first-order valence-corrected chi connectivity index (χ1v) is 12.2. The highest BCUT2D eigenvalue weighted by molar-refractivity contribution is 6.03. The van der Waals surface area contributed by atoms with E-state index in [9.17, 15) is 9.59 Å². The van der Waals surface area contributed by atoms with E-state index in [1.165, 1.54) is 19.2 Å². The number of morpholine rings is 1. The van der Waals surface area contributed by atoms with Crippen LogP contribution in [0.1, 0.15) is 44.5 Å². The molecule has 4 rings (SSSR count). The second-order valence-corrected chi connectivity index (χ2v) is 9.46. The van der Waals surface area contributed by atoms with Crippen molar-refractivity contribution < 1.29 is 23.5 Å². The van der Waals surface area contributed by atoms with E-state index < -0.39 is 17.4 Å². The molecule has 0 aliphatic carbocycles. The molecule has 0 spiro atoms. The fourth-order valence-electron chi connectivity index (χ4n) is 4.48. The lowest BCUT2D eigenvalue weighted by Gasteiger charge is -2.35. The smallest absolute Gasteiger partial charge is 0.319 e. The summed E-state index contributed by atoms with van der Waals surface area (Å²) in [5, 5.41) is 4.84. The fourth-order valence-corrected chi connectivity index (χ4v) is 4.48. The van der Waals surface area contributed by atoms with Gasteiger partial charge in [-0.2, -0.15) is 4.98 Å². The molecule has 2 aliphatic heterocycles. The van der Waals surface area contributed by atoms with Gasteiger partial charge in [-0.05, 0) is 39.3 Å². The van der Waals surface area contributed by atoms with Crippen LogP contribution in [0.2, 0.25) is 0 Å². The van der Waals surface area contributed by atoms with E-state index in [4.69, 9.17) is 19.4 Å². The highest BCUT2D eigenvalue weighted by Crippen LogP contribution is 2.37. The van der Waals surface area contributed by atoms with Crippen molar-refractivity contribution in [1.82, 2.24) is 20.2 Å². The fraction of sp³-hybridized carbons (Fsp3) is 0.520. The second-order valence-electron chi connectivity index (χ2n) is 9.46. The Morgan fingerprint density at radius 3 is 2.72 bits per heavy atom. The summed E-state index contributed by atoms with van der Waals surface area (Å²) in [7, 11) is 1.45. The average molecular weight is 501 g/mol. The van der Waals surface area contributed by atoms with Crippen molar-refractivity contribution in [3.05, 3.63) is 29.6 Å². The number of anilines is 2. The summed E-state index contributed by atoms with van der Waals surface area (Å²) < 4.78 is 27.0. The molecule has 0 bridgehead atoms. The van der Waals surface area contributed by atoms with Gasteiger partial charge < -0.3 is 29.9 Å². The summed E-state index contributed by atoms with van der Waals surface area (Å²) in [4.78, 5) is 38.6. The van der Waals surface area contributed by atoms with Gasteiger partial charge in [0.15, 0.2) is 0 Å². The molecule has 1 saturated heterocycles. The Morgan fingerprint density at radius 2 is 2.06 bits per heavy atom. The summed E-state index contributed by atoms with van der Waals surface area (Å²) in [5.41, 5.74) is 0.170. The van der Waals surface area contributed by atoms with Crippen LogP contribution in [0.4, 0.5) is 20.8 Å². The normalized spacial score (nSPS) is 19.3. The zero-order valence-corrected chi connectivity index (χ0v) is 21.4. The Balaban J connectivity index is 1.90. The number of halogens is 1. The molecule has 36 heavy (non-hydrogen) atoms. The van der Waals surface area contributed by atoms with Crippen LogP contribution in [-0.4, -0.2) is 78.3 Å². The van der Waals surface area contributed by atoms with Gasteiger partial charge in [0.25, 0.3) is 5.91 Å². The lowest BCUT2D eigenvalue weighted by atomic mass is 10.0. The molecule has 0 saturated carbocycles. The van der Waals surface area contributed by atoms with Crippen molar-refractivity contribution in [2.24, 2.45) is 0 Å². The maximum atomic E-state index is 15.0. The molecule has 1 fully saturated rings. The Bertz CT molecular complexity index is 1160. The highest BCUT2D eigenvalue weighted by Gasteiger charge is 2.38. The number of fused-ring (bicyclic) bond motifs is 1. The van der Waals surface area contributed by atoms with E-state index >= 15 is 4.39 Å². The zero-order chi connectivity index (χ0) is 26.0. The number of amides is 3. The van der Waals surface area contributed by atoms with Crippen LogP contribution in [0.3, 0.4) is 0 Å². The van der Waals surface area contributed by atoms with Crippen LogP contribution in [0, 0.1) is 5.82 Å². The summed E-state index contributed by atoms with van der Waals surface area (Å²) in [6.45, 7) is 10.2. The van der Waals surface area contributed by atoms with E-state index in [0.717, 1.165) is 6.42 Å². The summed E-state index contributed by atoms with van der Waals surface area (Å²) in [5.74, 6) is -0.352. The van der Waals surface area contributed by atoms with Crippen LogP contribution in [-0.2, 0) is 4.74 Å². The number of aromatic nitrogens is 2. The second kappa shape index (κ2) is 10.3. The third-order valence-electron chi connectivity index (χ3n) is 6.36. The quantitative estimate of drug-likeness (QED) is 0.649. The third-order valence-corrected chi connectivity index (χ3v) is 6.36. The lowest BCUT2D eigenvalue weighted by Crippen LogP contribution is -2.46. The molecule has 1 aromatic heterocycles. The molecule has 11 heteroatoms.